The minimum atomic E-state index is -0.717. The molecule has 2 aromatic rings. The predicted molar refractivity (Wildman–Crippen MR) is 109 cm³/mol. The summed E-state index contributed by atoms with van der Waals surface area (Å²) in [6.07, 6.45) is 6.54. The molecule has 2 heterocycles. The van der Waals surface area contributed by atoms with Crippen LogP contribution in [0, 0.1) is 23.2 Å². The van der Waals surface area contributed by atoms with Gasteiger partial charge in [0, 0.05) is 36.1 Å². The van der Waals surface area contributed by atoms with Crippen molar-refractivity contribution in [2.45, 2.75) is 57.4 Å². The van der Waals surface area contributed by atoms with E-state index in [1.165, 1.54) is 0 Å². The van der Waals surface area contributed by atoms with Crippen LogP contribution in [0.2, 0.25) is 0 Å². The molecule has 6 heteroatoms. The molecule has 1 saturated carbocycles. The largest absolute Gasteiger partial charge is 0.481 e. The molecule has 0 spiro atoms. The van der Waals surface area contributed by atoms with Crippen LogP contribution < -0.4 is 0 Å². The smallest absolute Gasteiger partial charge is 0.306 e. The van der Waals surface area contributed by atoms with Gasteiger partial charge in [-0.1, -0.05) is 19.4 Å². The van der Waals surface area contributed by atoms with Crippen molar-refractivity contribution in [3.05, 3.63) is 35.5 Å². The van der Waals surface area contributed by atoms with Crippen LogP contribution in [0.15, 0.2) is 24.4 Å². The summed E-state index contributed by atoms with van der Waals surface area (Å²) < 4.78 is 0. The Kier molecular flexibility index (Phi) is 5.31. The van der Waals surface area contributed by atoms with Crippen molar-refractivity contribution >= 4 is 22.8 Å². The van der Waals surface area contributed by atoms with Crippen LogP contribution in [-0.4, -0.2) is 39.5 Å². The summed E-state index contributed by atoms with van der Waals surface area (Å²) in [6, 6.07) is 7.90. The van der Waals surface area contributed by atoms with E-state index in [2.05, 4.69) is 11.1 Å². The maximum Gasteiger partial charge on any atom is 0.306 e. The SMILES string of the molecule is CC(CC(=O)N1CCCC2C(C(=O)O)CCCC21)c1c[nH]c2cccc(C#N)c12. The highest BCUT2D eigenvalue weighted by atomic mass is 16.4. The van der Waals surface area contributed by atoms with Gasteiger partial charge in [-0.05, 0) is 55.2 Å². The number of hydrogen-bond acceptors (Lipinski definition) is 3. The monoisotopic (exact) mass is 393 g/mol. The van der Waals surface area contributed by atoms with Crippen molar-refractivity contribution in [1.82, 2.24) is 9.88 Å². The van der Waals surface area contributed by atoms with Gasteiger partial charge in [0.2, 0.25) is 5.91 Å². The molecule has 1 saturated heterocycles. The molecule has 1 aromatic heterocycles. The summed E-state index contributed by atoms with van der Waals surface area (Å²) in [5.41, 5.74) is 2.52. The highest BCUT2D eigenvalue weighted by Gasteiger charge is 2.43. The number of fused-ring (bicyclic) bond motifs is 2. The number of benzene rings is 1. The van der Waals surface area contributed by atoms with Crippen LogP contribution >= 0.6 is 0 Å². The Morgan fingerprint density at radius 3 is 2.90 bits per heavy atom. The summed E-state index contributed by atoms with van der Waals surface area (Å²) in [5.74, 6) is -0.890. The molecule has 4 atom stereocenters. The number of rotatable bonds is 4. The molecule has 4 unspecified atom stereocenters. The Bertz CT molecular complexity index is 973. The maximum atomic E-state index is 13.2. The topological polar surface area (TPSA) is 97.2 Å². The van der Waals surface area contributed by atoms with Gasteiger partial charge in [0.1, 0.15) is 0 Å². The second-order valence-corrected chi connectivity index (χ2v) is 8.53. The van der Waals surface area contributed by atoms with Crippen molar-refractivity contribution in [2.24, 2.45) is 11.8 Å². The number of aromatic nitrogens is 1. The van der Waals surface area contributed by atoms with Crippen LogP contribution in [0.1, 0.15) is 62.5 Å². The van der Waals surface area contributed by atoms with E-state index in [0.717, 1.165) is 55.1 Å². The van der Waals surface area contributed by atoms with Gasteiger partial charge in [-0.25, -0.2) is 0 Å². The molecule has 1 aliphatic heterocycles. The van der Waals surface area contributed by atoms with E-state index in [4.69, 9.17) is 0 Å². The lowest BCUT2D eigenvalue weighted by Gasteiger charge is -2.46. The molecule has 2 fully saturated rings. The fourth-order valence-corrected chi connectivity index (χ4v) is 5.49. The fourth-order valence-electron chi connectivity index (χ4n) is 5.49. The molecule has 0 bridgehead atoms. The number of hydrogen-bond donors (Lipinski definition) is 2. The Labute approximate surface area is 170 Å². The first-order chi connectivity index (χ1) is 14.0. The molecule has 1 aliphatic carbocycles. The van der Waals surface area contributed by atoms with Crippen LogP contribution in [0.5, 0.6) is 0 Å². The van der Waals surface area contributed by atoms with Crippen LogP contribution in [0.3, 0.4) is 0 Å². The first-order valence-electron chi connectivity index (χ1n) is 10.5. The van der Waals surface area contributed by atoms with Crippen molar-refractivity contribution in [2.75, 3.05) is 6.54 Å². The lowest BCUT2D eigenvalue weighted by Crippen LogP contribution is -2.53. The molecule has 152 valence electrons. The molecule has 2 N–H and O–H groups in total. The van der Waals surface area contributed by atoms with Crippen LogP contribution in [-0.2, 0) is 9.59 Å². The predicted octanol–water partition coefficient (Wildman–Crippen LogP) is 4.03. The highest BCUT2D eigenvalue weighted by molar-refractivity contribution is 5.90. The molecular weight excluding hydrogens is 366 g/mol. The van der Waals surface area contributed by atoms with E-state index < -0.39 is 5.97 Å². The van der Waals surface area contributed by atoms with Crippen molar-refractivity contribution in [3.8, 4) is 6.07 Å². The third-order valence-electron chi connectivity index (χ3n) is 6.87. The zero-order valence-electron chi connectivity index (χ0n) is 16.7. The summed E-state index contributed by atoms with van der Waals surface area (Å²) >= 11 is 0. The van der Waals surface area contributed by atoms with Gasteiger partial charge in [0.05, 0.1) is 17.6 Å². The first kappa shape index (κ1) is 19.5. The van der Waals surface area contributed by atoms with E-state index >= 15 is 0 Å². The van der Waals surface area contributed by atoms with Crippen LogP contribution in [0.4, 0.5) is 0 Å². The number of carbonyl (C=O) groups excluding carboxylic acids is 1. The number of nitrogens with one attached hydrogen (secondary N) is 1. The van der Waals surface area contributed by atoms with Gasteiger partial charge >= 0.3 is 5.97 Å². The van der Waals surface area contributed by atoms with Gasteiger partial charge in [-0.2, -0.15) is 5.26 Å². The lowest BCUT2D eigenvalue weighted by atomic mass is 9.71. The molecule has 6 nitrogen and oxygen atoms in total. The zero-order chi connectivity index (χ0) is 20.5. The molecule has 1 amide bonds. The first-order valence-corrected chi connectivity index (χ1v) is 10.5. The number of amides is 1. The van der Waals surface area contributed by atoms with Gasteiger partial charge in [-0.15, -0.1) is 0 Å². The average molecular weight is 393 g/mol. The van der Waals surface area contributed by atoms with E-state index in [-0.39, 0.29) is 29.7 Å². The van der Waals surface area contributed by atoms with Crippen molar-refractivity contribution in [1.29, 1.82) is 5.26 Å². The van der Waals surface area contributed by atoms with Crippen molar-refractivity contribution < 1.29 is 14.7 Å². The Morgan fingerprint density at radius 2 is 2.14 bits per heavy atom. The van der Waals surface area contributed by atoms with Gasteiger partial charge < -0.3 is 15.0 Å². The number of carboxylic acids is 1. The third kappa shape index (κ3) is 3.50. The minimum absolute atomic E-state index is 0.0232. The number of nitrogens with zero attached hydrogens (tertiary/aromatic N) is 2. The summed E-state index contributed by atoms with van der Waals surface area (Å²) in [5, 5.41) is 19.9. The Morgan fingerprint density at radius 1 is 1.31 bits per heavy atom. The molecule has 29 heavy (non-hydrogen) atoms. The molecule has 0 radical (unpaired) electrons. The number of nitriles is 1. The fraction of sp³-hybridized carbons (Fsp3) is 0.522. The molecular formula is C23H27N3O3. The second kappa shape index (κ2) is 7.90. The van der Waals surface area contributed by atoms with Gasteiger partial charge in [0.15, 0.2) is 0 Å². The van der Waals surface area contributed by atoms with Gasteiger partial charge in [-0.3, -0.25) is 9.59 Å². The van der Waals surface area contributed by atoms with E-state index in [0.29, 0.717) is 12.0 Å². The van der Waals surface area contributed by atoms with Gasteiger partial charge in [0.25, 0.3) is 0 Å². The minimum Gasteiger partial charge on any atom is -0.481 e. The van der Waals surface area contributed by atoms with E-state index in [1.54, 1.807) is 6.07 Å². The number of piperidine rings is 1. The second-order valence-electron chi connectivity index (χ2n) is 8.53. The van der Waals surface area contributed by atoms with E-state index in [1.807, 2.05) is 30.2 Å². The Balaban J connectivity index is 1.53. The number of aliphatic carboxylic acids is 1. The van der Waals surface area contributed by atoms with E-state index in [9.17, 15) is 20.0 Å². The summed E-state index contributed by atoms with van der Waals surface area (Å²) in [7, 11) is 0. The maximum absolute atomic E-state index is 13.2. The Hall–Kier alpha value is -2.81. The number of carbonyl (C=O) groups is 2. The normalized spacial score (nSPS) is 25.2. The van der Waals surface area contributed by atoms with Crippen molar-refractivity contribution in [3.63, 3.8) is 0 Å². The highest BCUT2D eigenvalue weighted by Crippen LogP contribution is 2.40. The number of H-pyrrole nitrogens is 1. The molecule has 4 rings (SSSR count). The average Bonchev–Trinajstić information content (AvgIpc) is 3.17. The number of aromatic amines is 1. The number of carboxylic acid groups (broad SMARTS) is 1. The quantitative estimate of drug-likeness (QED) is 0.820. The third-order valence-corrected chi connectivity index (χ3v) is 6.87. The standard InChI is InChI=1S/C23H27N3O3/c1-14(18-13-25-19-8-2-5-15(12-24)22(18)19)11-21(27)26-10-4-7-16-17(23(28)29)6-3-9-20(16)26/h2,5,8,13-14,16-17,20,25H,3-4,6-7,9-11H2,1H3,(H,28,29). The molecule has 1 aromatic carbocycles. The van der Waals surface area contributed by atoms with Crippen LogP contribution in [0.25, 0.3) is 10.9 Å². The molecule has 2 aliphatic rings. The summed E-state index contributed by atoms with van der Waals surface area (Å²) in [4.78, 5) is 30.1. The number of likely N-dealkylation sites (tertiary alicyclic amines) is 1. The lowest BCUT2D eigenvalue weighted by molar-refractivity contribution is -0.152. The zero-order valence-corrected chi connectivity index (χ0v) is 16.7. The summed E-state index contributed by atoms with van der Waals surface area (Å²) in [6.45, 7) is 2.74.